The first-order valence-electron chi connectivity index (χ1n) is 6.71. The first-order valence-corrected chi connectivity index (χ1v) is 6.71. The van der Waals surface area contributed by atoms with Crippen LogP contribution in [0.2, 0.25) is 0 Å². The van der Waals surface area contributed by atoms with Crippen molar-refractivity contribution in [2.45, 2.75) is 26.0 Å². The van der Waals surface area contributed by atoms with Crippen LogP contribution in [-0.4, -0.2) is 43.7 Å². The third kappa shape index (κ3) is 3.34. The number of likely N-dealkylation sites (N-methyl/N-ethyl adjacent to an activating group) is 1. The van der Waals surface area contributed by atoms with Gasteiger partial charge in [-0.2, -0.15) is 8.78 Å². The highest BCUT2D eigenvalue weighted by Gasteiger charge is 2.32. The summed E-state index contributed by atoms with van der Waals surface area (Å²) >= 11 is 0. The van der Waals surface area contributed by atoms with Crippen LogP contribution < -0.4 is 15.4 Å². The summed E-state index contributed by atoms with van der Waals surface area (Å²) in [5, 5.41) is 0. The third-order valence-corrected chi connectivity index (χ3v) is 3.95. The molecule has 21 heavy (non-hydrogen) atoms. The molecule has 1 aromatic carbocycles. The summed E-state index contributed by atoms with van der Waals surface area (Å²) in [6.45, 7) is 3.23. The maximum absolute atomic E-state index is 13.6. The van der Waals surface area contributed by atoms with Crippen molar-refractivity contribution >= 4 is 11.4 Å². The molecule has 1 saturated heterocycles. The van der Waals surface area contributed by atoms with Gasteiger partial charge in [0, 0.05) is 37.3 Å². The molecule has 118 valence electrons. The first-order chi connectivity index (χ1) is 9.70. The number of anilines is 2. The highest BCUT2D eigenvalue weighted by atomic mass is 19.3. The topological polar surface area (TPSA) is 41.7 Å². The second kappa shape index (κ2) is 5.63. The van der Waals surface area contributed by atoms with Crippen molar-refractivity contribution in [1.82, 2.24) is 4.90 Å². The van der Waals surface area contributed by atoms with Crippen molar-refractivity contribution in [2.75, 3.05) is 37.3 Å². The van der Waals surface area contributed by atoms with Crippen LogP contribution in [0.25, 0.3) is 0 Å². The fourth-order valence-electron chi connectivity index (χ4n) is 2.46. The Morgan fingerprint density at radius 3 is 2.52 bits per heavy atom. The van der Waals surface area contributed by atoms with Crippen molar-refractivity contribution < 1.29 is 17.9 Å². The van der Waals surface area contributed by atoms with E-state index in [0.717, 1.165) is 12.6 Å². The lowest BCUT2D eigenvalue weighted by Crippen LogP contribution is -2.57. The number of nitrogen functional groups attached to an aromatic ring is 1. The van der Waals surface area contributed by atoms with E-state index in [1.165, 1.54) is 6.07 Å². The van der Waals surface area contributed by atoms with Crippen LogP contribution in [0, 0.1) is 5.82 Å². The molecule has 0 bridgehead atoms. The first kappa shape index (κ1) is 15.8. The number of hydrogen-bond acceptors (Lipinski definition) is 4. The lowest BCUT2D eigenvalue weighted by Gasteiger charge is -2.46. The molecular weight excluding hydrogens is 283 g/mol. The Labute approximate surface area is 122 Å². The van der Waals surface area contributed by atoms with E-state index in [-0.39, 0.29) is 11.2 Å². The van der Waals surface area contributed by atoms with Gasteiger partial charge in [0.1, 0.15) is 0 Å². The van der Waals surface area contributed by atoms with Gasteiger partial charge in [-0.15, -0.1) is 0 Å². The highest BCUT2D eigenvalue weighted by molar-refractivity contribution is 5.70. The Hall–Kier alpha value is -1.63. The van der Waals surface area contributed by atoms with Crippen molar-refractivity contribution in [3.63, 3.8) is 0 Å². The van der Waals surface area contributed by atoms with E-state index in [0.29, 0.717) is 18.8 Å². The zero-order valence-corrected chi connectivity index (χ0v) is 12.4. The minimum absolute atomic E-state index is 0.0944. The van der Waals surface area contributed by atoms with Gasteiger partial charge in [0.2, 0.25) is 0 Å². The lowest BCUT2D eigenvalue weighted by molar-refractivity contribution is -0.0521. The molecule has 7 heteroatoms. The van der Waals surface area contributed by atoms with E-state index in [4.69, 9.17) is 5.73 Å². The fraction of sp³-hybridized carbons (Fsp3) is 0.571. The number of hydrogen-bond donors (Lipinski definition) is 1. The van der Waals surface area contributed by atoms with Gasteiger partial charge in [0.05, 0.1) is 11.4 Å². The Bertz CT molecular complexity index is 522. The minimum Gasteiger partial charge on any atom is -0.432 e. The van der Waals surface area contributed by atoms with Crippen molar-refractivity contribution in [3.8, 4) is 5.75 Å². The van der Waals surface area contributed by atoms with E-state index >= 15 is 0 Å². The molecule has 0 atom stereocenters. The highest BCUT2D eigenvalue weighted by Crippen LogP contribution is 2.34. The molecular formula is C14H20F3N3O. The molecule has 1 aliphatic heterocycles. The molecule has 1 heterocycles. The number of nitrogens with two attached hydrogens (primary N) is 1. The van der Waals surface area contributed by atoms with Gasteiger partial charge in [-0.1, -0.05) is 0 Å². The Kier molecular flexibility index (Phi) is 4.22. The van der Waals surface area contributed by atoms with Crippen molar-refractivity contribution in [1.29, 1.82) is 0 Å². The number of halogens is 3. The Morgan fingerprint density at radius 2 is 1.95 bits per heavy atom. The van der Waals surface area contributed by atoms with E-state index in [9.17, 15) is 13.2 Å². The predicted molar refractivity (Wildman–Crippen MR) is 76.4 cm³/mol. The number of nitrogens with zero attached hydrogens (tertiary/aromatic N) is 2. The van der Waals surface area contributed by atoms with Gasteiger partial charge in [-0.25, -0.2) is 4.39 Å². The minimum atomic E-state index is -3.07. The zero-order chi connectivity index (χ0) is 15.8. The van der Waals surface area contributed by atoms with Crippen LogP contribution in [0.15, 0.2) is 12.1 Å². The normalized spacial score (nSPS) is 19.1. The SMILES string of the molecule is CN1CCN(c2cc(OC(F)F)c(F)cc2N)CC1(C)C. The molecule has 4 nitrogen and oxygen atoms in total. The molecule has 1 aliphatic rings. The molecule has 2 N–H and O–H groups in total. The van der Waals surface area contributed by atoms with Crippen molar-refractivity contribution in [3.05, 3.63) is 17.9 Å². The standard InChI is InChI=1S/C14H20F3N3O/c1-14(2)8-20(5-4-19(14)3)11-7-12(21-13(16)17)9(15)6-10(11)18/h6-7,13H,4-5,8,18H2,1-3H3. The van der Waals surface area contributed by atoms with Gasteiger partial charge in [0.25, 0.3) is 0 Å². The summed E-state index contributed by atoms with van der Waals surface area (Å²) in [7, 11) is 2.02. The van der Waals surface area contributed by atoms with Crippen LogP contribution >= 0.6 is 0 Å². The largest absolute Gasteiger partial charge is 0.432 e. The zero-order valence-electron chi connectivity index (χ0n) is 12.4. The second-order valence-corrected chi connectivity index (χ2v) is 5.88. The summed E-state index contributed by atoms with van der Waals surface area (Å²) in [6.07, 6.45) is 0. The van der Waals surface area contributed by atoms with Gasteiger partial charge in [-0.3, -0.25) is 4.90 Å². The van der Waals surface area contributed by atoms with Gasteiger partial charge >= 0.3 is 6.61 Å². The van der Waals surface area contributed by atoms with Crippen LogP contribution in [0.1, 0.15) is 13.8 Å². The van der Waals surface area contributed by atoms with E-state index in [1.54, 1.807) is 0 Å². The van der Waals surface area contributed by atoms with Crippen LogP contribution in [0.3, 0.4) is 0 Å². The van der Waals surface area contributed by atoms with Crippen LogP contribution in [-0.2, 0) is 0 Å². The number of benzene rings is 1. The molecule has 0 radical (unpaired) electrons. The van der Waals surface area contributed by atoms with Crippen molar-refractivity contribution in [2.24, 2.45) is 0 Å². The second-order valence-electron chi connectivity index (χ2n) is 5.88. The molecule has 0 aromatic heterocycles. The van der Waals surface area contributed by atoms with E-state index < -0.39 is 18.2 Å². The summed E-state index contributed by atoms with van der Waals surface area (Å²) in [6, 6.07) is 2.27. The van der Waals surface area contributed by atoms with Gasteiger partial charge in [-0.05, 0) is 20.9 Å². The molecule has 0 aliphatic carbocycles. The summed E-state index contributed by atoms with van der Waals surface area (Å²) in [5.41, 5.74) is 6.48. The van der Waals surface area contributed by atoms with E-state index in [1.807, 2.05) is 11.9 Å². The molecule has 0 unspecified atom stereocenters. The Morgan fingerprint density at radius 1 is 1.29 bits per heavy atom. The maximum Gasteiger partial charge on any atom is 0.387 e. The van der Waals surface area contributed by atoms with Crippen LogP contribution in [0.5, 0.6) is 5.75 Å². The average molecular weight is 303 g/mol. The number of ether oxygens (including phenoxy) is 1. The molecule has 2 rings (SSSR count). The average Bonchev–Trinajstić information content (AvgIpc) is 2.35. The third-order valence-electron chi connectivity index (χ3n) is 3.95. The summed E-state index contributed by atoms with van der Waals surface area (Å²) in [5.74, 6) is -1.36. The fourth-order valence-corrected chi connectivity index (χ4v) is 2.46. The number of alkyl halides is 2. The smallest absolute Gasteiger partial charge is 0.387 e. The molecule has 1 aromatic rings. The van der Waals surface area contributed by atoms with E-state index in [2.05, 4.69) is 23.5 Å². The lowest BCUT2D eigenvalue weighted by atomic mass is 9.99. The summed E-state index contributed by atoms with van der Waals surface area (Å²) in [4.78, 5) is 4.17. The number of piperazine rings is 1. The Balaban J connectivity index is 2.31. The van der Waals surface area contributed by atoms with Gasteiger partial charge < -0.3 is 15.4 Å². The predicted octanol–water partition coefficient (Wildman–Crippen LogP) is 2.54. The summed E-state index contributed by atoms with van der Waals surface area (Å²) < 4.78 is 42.4. The quantitative estimate of drug-likeness (QED) is 0.871. The number of rotatable bonds is 3. The molecule has 0 amide bonds. The monoisotopic (exact) mass is 303 g/mol. The molecule has 1 fully saturated rings. The molecule has 0 spiro atoms. The molecule has 0 saturated carbocycles. The van der Waals surface area contributed by atoms with Gasteiger partial charge in [0.15, 0.2) is 11.6 Å². The maximum atomic E-state index is 13.6. The van der Waals surface area contributed by atoms with Crippen LogP contribution in [0.4, 0.5) is 24.5 Å².